The zero-order valence-corrected chi connectivity index (χ0v) is 7.68. The fourth-order valence-corrected chi connectivity index (χ4v) is 0. The molecule has 0 saturated heterocycles. The SMILES string of the molecule is [F-].[NH4+].[Nb].[Ta]. The third kappa shape index (κ3) is 10.1. The van der Waals surface area contributed by atoms with Gasteiger partial charge in [0, 0.05) is 44.8 Å². The molecular formula is H4FNNbTa. The maximum Gasteiger partial charge on any atom is 0 e. The van der Waals surface area contributed by atoms with E-state index in [0.717, 1.165) is 0 Å². The summed E-state index contributed by atoms with van der Waals surface area (Å²) in [6.07, 6.45) is 0. The molecule has 0 aliphatic carbocycles. The first-order chi connectivity index (χ1) is 0. The van der Waals surface area contributed by atoms with E-state index in [4.69, 9.17) is 0 Å². The van der Waals surface area contributed by atoms with Crippen molar-refractivity contribution >= 4 is 0 Å². The summed E-state index contributed by atoms with van der Waals surface area (Å²) >= 11 is 0. The van der Waals surface area contributed by atoms with Gasteiger partial charge in [-0.2, -0.15) is 0 Å². The van der Waals surface area contributed by atoms with E-state index in [9.17, 15) is 0 Å². The van der Waals surface area contributed by atoms with Crippen LogP contribution < -0.4 is 10.9 Å². The third-order valence-electron chi connectivity index (χ3n) is 0. The normalized spacial score (nSPS) is 0. The molecule has 0 aliphatic heterocycles. The minimum Gasteiger partial charge on any atom is -1.00 e. The Morgan fingerprint density at radius 3 is 1.00 bits per heavy atom. The number of hydrogen-bond donors (Lipinski definition) is 1. The number of rotatable bonds is 0. The molecular weight excluding hydrogens is 307 g/mol. The quantitative estimate of drug-likeness (QED) is 0.476. The maximum atomic E-state index is 0. The van der Waals surface area contributed by atoms with Gasteiger partial charge in [-0.1, -0.05) is 0 Å². The molecule has 0 saturated carbocycles. The van der Waals surface area contributed by atoms with Crippen molar-refractivity contribution in [3.05, 3.63) is 0 Å². The Morgan fingerprint density at radius 1 is 1.00 bits per heavy atom. The minimum absolute atomic E-state index is 0. The number of halogens is 1. The van der Waals surface area contributed by atoms with Crippen LogP contribution in [0.2, 0.25) is 0 Å². The van der Waals surface area contributed by atoms with E-state index in [0.29, 0.717) is 0 Å². The van der Waals surface area contributed by atoms with Crippen LogP contribution in [0.3, 0.4) is 0 Å². The molecule has 0 aromatic rings. The summed E-state index contributed by atoms with van der Waals surface area (Å²) < 4.78 is 0. The summed E-state index contributed by atoms with van der Waals surface area (Å²) in [5, 5.41) is 0. The zero-order chi connectivity index (χ0) is 0. The van der Waals surface area contributed by atoms with E-state index in [1.54, 1.807) is 0 Å². The molecule has 0 fully saturated rings. The Bertz CT molecular complexity index is 8.00. The smallest absolute Gasteiger partial charge is 0 e. The topological polar surface area (TPSA) is 36.5 Å². The molecule has 0 amide bonds. The van der Waals surface area contributed by atoms with Gasteiger partial charge in [0.2, 0.25) is 0 Å². The van der Waals surface area contributed by atoms with E-state index in [1.165, 1.54) is 0 Å². The van der Waals surface area contributed by atoms with Gasteiger partial charge in [0.05, 0.1) is 0 Å². The predicted octanol–water partition coefficient (Wildman–Crippen LogP) is -2.62. The Morgan fingerprint density at radius 2 is 1.00 bits per heavy atom. The van der Waals surface area contributed by atoms with Crippen molar-refractivity contribution in [2.24, 2.45) is 0 Å². The summed E-state index contributed by atoms with van der Waals surface area (Å²) in [6, 6.07) is 0. The van der Waals surface area contributed by atoms with Crippen LogP contribution in [-0.2, 0) is 44.8 Å². The second-order valence-electron chi connectivity index (χ2n) is 0. The van der Waals surface area contributed by atoms with Crippen LogP contribution in [0.5, 0.6) is 0 Å². The van der Waals surface area contributed by atoms with Gasteiger partial charge in [0.1, 0.15) is 0 Å². The molecule has 0 spiro atoms. The van der Waals surface area contributed by atoms with E-state index >= 15 is 0 Å². The third-order valence-corrected chi connectivity index (χ3v) is 0. The number of hydrogen-bond acceptors (Lipinski definition) is 0. The van der Waals surface area contributed by atoms with Crippen LogP contribution in [0, 0.1) is 0 Å². The summed E-state index contributed by atoms with van der Waals surface area (Å²) in [5.41, 5.74) is 0. The average molecular weight is 311 g/mol. The molecule has 1 nitrogen and oxygen atoms in total. The van der Waals surface area contributed by atoms with Crippen molar-refractivity contribution in [1.29, 1.82) is 0 Å². The van der Waals surface area contributed by atoms with Crippen molar-refractivity contribution in [3.8, 4) is 0 Å². The molecule has 0 rings (SSSR count). The average Bonchev–Trinajstić information content (AvgIpc) is 0. The van der Waals surface area contributed by atoms with Gasteiger partial charge in [-0.25, -0.2) is 0 Å². The van der Waals surface area contributed by atoms with Crippen molar-refractivity contribution in [3.63, 3.8) is 0 Å². The van der Waals surface area contributed by atoms with Gasteiger partial charge in [-0.3, -0.25) is 0 Å². The first-order valence-electron chi connectivity index (χ1n) is 0. The molecule has 2 radical (unpaired) electrons. The Kier molecular flexibility index (Phi) is 361. The molecule has 0 atom stereocenters. The molecule has 0 bridgehead atoms. The molecule has 4 heteroatoms. The number of quaternary nitrogens is 1. The summed E-state index contributed by atoms with van der Waals surface area (Å²) in [7, 11) is 0. The standard InChI is InChI=1S/FH.H3N.Nb.Ta/h1H;1H3;;. The van der Waals surface area contributed by atoms with Crippen molar-refractivity contribution in [2.75, 3.05) is 0 Å². The first kappa shape index (κ1) is 54.6. The van der Waals surface area contributed by atoms with Crippen LogP contribution in [0.25, 0.3) is 0 Å². The van der Waals surface area contributed by atoms with E-state index < -0.39 is 0 Å². The van der Waals surface area contributed by atoms with Gasteiger partial charge < -0.3 is 10.9 Å². The fourth-order valence-electron chi connectivity index (χ4n) is 0. The maximum absolute atomic E-state index is 0. The van der Waals surface area contributed by atoms with Gasteiger partial charge >= 0.3 is 0 Å². The van der Waals surface area contributed by atoms with Crippen LogP contribution >= 0.6 is 0 Å². The molecule has 0 heterocycles. The van der Waals surface area contributed by atoms with E-state index in [1.807, 2.05) is 0 Å². The molecule has 0 aromatic heterocycles. The van der Waals surface area contributed by atoms with Gasteiger partial charge in [0.25, 0.3) is 0 Å². The van der Waals surface area contributed by atoms with Crippen LogP contribution in [0.1, 0.15) is 0 Å². The van der Waals surface area contributed by atoms with Crippen LogP contribution in [0.15, 0.2) is 0 Å². The largest absolute Gasteiger partial charge is 1.00 e. The first-order valence-corrected chi connectivity index (χ1v) is 0. The zero-order valence-electron chi connectivity index (χ0n) is 2.27. The molecule has 0 aromatic carbocycles. The molecule has 0 unspecified atom stereocenters. The van der Waals surface area contributed by atoms with Crippen LogP contribution in [0.4, 0.5) is 0 Å². The Hall–Kier alpha value is 1.37. The molecule has 4 N–H and O–H groups in total. The Balaban J connectivity index is 0. The fraction of sp³-hybridized carbons (Fsp3) is 0. The molecule has 4 heavy (non-hydrogen) atoms. The molecule has 0 aliphatic rings. The Labute approximate surface area is 55.5 Å². The van der Waals surface area contributed by atoms with Gasteiger partial charge in [0.15, 0.2) is 0 Å². The van der Waals surface area contributed by atoms with E-state index in [-0.39, 0.29) is 55.6 Å². The predicted molar refractivity (Wildman–Crippen MR) is 5.98 cm³/mol. The van der Waals surface area contributed by atoms with Crippen molar-refractivity contribution in [1.82, 2.24) is 6.15 Å². The van der Waals surface area contributed by atoms with Gasteiger partial charge in [-0.05, 0) is 0 Å². The van der Waals surface area contributed by atoms with Crippen LogP contribution in [-0.4, -0.2) is 0 Å². The summed E-state index contributed by atoms with van der Waals surface area (Å²) in [4.78, 5) is 0. The van der Waals surface area contributed by atoms with Crippen molar-refractivity contribution in [2.45, 2.75) is 0 Å². The second-order valence-corrected chi connectivity index (χ2v) is 0. The summed E-state index contributed by atoms with van der Waals surface area (Å²) in [6.45, 7) is 0. The van der Waals surface area contributed by atoms with E-state index in [2.05, 4.69) is 0 Å². The monoisotopic (exact) mass is 311 g/mol. The minimum atomic E-state index is 0. The summed E-state index contributed by atoms with van der Waals surface area (Å²) in [5.74, 6) is 0. The van der Waals surface area contributed by atoms with Gasteiger partial charge in [-0.15, -0.1) is 0 Å². The second kappa shape index (κ2) is 26.4. The molecule has 26 valence electrons. The van der Waals surface area contributed by atoms with Crippen molar-refractivity contribution < 1.29 is 49.5 Å².